The summed E-state index contributed by atoms with van der Waals surface area (Å²) >= 11 is 3.25. The van der Waals surface area contributed by atoms with Gasteiger partial charge >= 0.3 is 0 Å². The maximum atomic E-state index is 12.5. The second-order valence-corrected chi connectivity index (χ2v) is 3.45. The second kappa shape index (κ2) is 5.70. The third-order valence-electron chi connectivity index (χ3n) is 1.56. The first-order valence-electron chi connectivity index (χ1n) is 4.20. The third-order valence-corrected chi connectivity index (χ3v) is 2.12. The minimum Gasteiger partial charge on any atom is -0.351 e. The van der Waals surface area contributed by atoms with E-state index in [1.54, 1.807) is 0 Å². The predicted octanol–water partition coefficient (Wildman–Crippen LogP) is 1.74. The smallest absolute Gasteiger partial charge is 0.269 e. The quantitative estimate of drug-likeness (QED) is 0.662. The van der Waals surface area contributed by atoms with Gasteiger partial charge in [0.15, 0.2) is 0 Å². The van der Waals surface area contributed by atoms with E-state index in [1.807, 2.05) is 0 Å². The lowest BCUT2D eigenvalue weighted by molar-refractivity contribution is 0.0949. The second-order valence-electron chi connectivity index (χ2n) is 2.66. The molecule has 0 aliphatic rings. The van der Waals surface area contributed by atoms with Crippen LogP contribution in [0.25, 0.3) is 0 Å². The summed E-state index contributed by atoms with van der Waals surface area (Å²) in [7, 11) is 0. The number of hydrogen-bond acceptors (Lipinski definition) is 2. The van der Waals surface area contributed by atoms with Crippen LogP contribution in [0.5, 0.6) is 0 Å². The molecule has 0 spiro atoms. The normalized spacial score (nSPS) is 9.86. The molecular weight excluding hydrogens is 251 g/mol. The number of aromatic nitrogens is 1. The SMILES string of the molecule is O=C(NCCCBr)c1ccc(F)cn1. The number of rotatable bonds is 4. The molecule has 0 radical (unpaired) electrons. The first kappa shape index (κ1) is 11.1. The van der Waals surface area contributed by atoms with Crippen LogP contribution in [-0.2, 0) is 0 Å². The van der Waals surface area contributed by atoms with Crippen molar-refractivity contribution in [1.29, 1.82) is 0 Å². The lowest BCUT2D eigenvalue weighted by Crippen LogP contribution is -2.25. The molecule has 0 aliphatic heterocycles. The van der Waals surface area contributed by atoms with E-state index < -0.39 is 5.82 Å². The van der Waals surface area contributed by atoms with E-state index in [4.69, 9.17) is 0 Å². The van der Waals surface area contributed by atoms with Crippen molar-refractivity contribution in [2.45, 2.75) is 6.42 Å². The summed E-state index contributed by atoms with van der Waals surface area (Å²) in [5.41, 5.74) is 0.237. The Morgan fingerprint density at radius 2 is 2.36 bits per heavy atom. The fourth-order valence-electron chi connectivity index (χ4n) is 0.869. The molecule has 0 saturated carbocycles. The summed E-state index contributed by atoms with van der Waals surface area (Å²) in [5.74, 6) is -0.715. The van der Waals surface area contributed by atoms with Gasteiger partial charge in [0.1, 0.15) is 11.5 Å². The fourth-order valence-corrected chi connectivity index (χ4v) is 1.15. The molecule has 0 saturated heterocycles. The van der Waals surface area contributed by atoms with Gasteiger partial charge in [0, 0.05) is 11.9 Å². The third kappa shape index (κ3) is 3.41. The van der Waals surface area contributed by atoms with Gasteiger partial charge in [-0.25, -0.2) is 9.37 Å². The van der Waals surface area contributed by atoms with E-state index >= 15 is 0 Å². The number of nitrogens with one attached hydrogen (secondary N) is 1. The highest BCUT2D eigenvalue weighted by Crippen LogP contribution is 1.97. The fraction of sp³-hybridized carbons (Fsp3) is 0.333. The Hall–Kier alpha value is -0.970. The molecule has 0 aromatic carbocycles. The minimum atomic E-state index is -0.443. The van der Waals surface area contributed by atoms with Gasteiger partial charge in [0.2, 0.25) is 0 Å². The standard InChI is InChI=1S/C9H10BrFN2O/c10-4-1-5-12-9(14)8-3-2-7(11)6-13-8/h2-3,6H,1,4-5H2,(H,12,14). The van der Waals surface area contributed by atoms with Crippen LogP contribution >= 0.6 is 15.9 Å². The summed E-state index contributed by atoms with van der Waals surface area (Å²) in [6, 6.07) is 2.57. The molecule has 1 aromatic rings. The molecule has 0 bridgehead atoms. The van der Waals surface area contributed by atoms with Gasteiger partial charge in [0.25, 0.3) is 5.91 Å². The Balaban J connectivity index is 2.48. The molecule has 1 amide bonds. The van der Waals surface area contributed by atoms with Crippen LogP contribution in [0.15, 0.2) is 18.3 Å². The highest BCUT2D eigenvalue weighted by atomic mass is 79.9. The molecule has 1 aromatic heterocycles. The van der Waals surface area contributed by atoms with Crippen molar-refractivity contribution in [3.63, 3.8) is 0 Å². The van der Waals surface area contributed by atoms with E-state index in [-0.39, 0.29) is 11.6 Å². The summed E-state index contributed by atoms with van der Waals surface area (Å²) in [6.07, 6.45) is 1.88. The Labute approximate surface area is 89.9 Å². The predicted molar refractivity (Wildman–Crippen MR) is 54.9 cm³/mol. The number of pyridine rings is 1. The van der Waals surface area contributed by atoms with Gasteiger partial charge in [-0.05, 0) is 18.6 Å². The summed E-state index contributed by atoms with van der Waals surface area (Å²) in [4.78, 5) is 15.0. The zero-order valence-electron chi connectivity index (χ0n) is 7.46. The summed E-state index contributed by atoms with van der Waals surface area (Å²) in [6.45, 7) is 0.586. The van der Waals surface area contributed by atoms with E-state index in [2.05, 4.69) is 26.2 Å². The first-order valence-corrected chi connectivity index (χ1v) is 5.32. The zero-order chi connectivity index (χ0) is 10.4. The van der Waals surface area contributed by atoms with Crippen molar-refractivity contribution in [3.8, 4) is 0 Å². The number of halogens is 2. The molecule has 5 heteroatoms. The lowest BCUT2D eigenvalue weighted by Gasteiger charge is -2.02. The molecule has 1 heterocycles. The molecule has 1 rings (SSSR count). The van der Waals surface area contributed by atoms with Gasteiger partial charge < -0.3 is 5.32 Å². The summed E-state index contributed by atoms with van der Waals surface area (Å²) in [5, 5.41) is 3.50. The van der Waals surface area contributed by atoms with Gasteiger partial charge in [-0.2, -0.15) is 0 Å². The number of carbonyl (C=O) groups excluding carboxylic acids is 1. The Kier molecular flexibility index (Phi) is 4.52. The lowest BCUT2D eigenvalue weighted by atomic mass is 10.3. The van der Waals surface area contributed by atoms with E-state index in [0.717, 1.165) is 17.9 Å². The highest BCUT2D eigenvalue weighted by molar-refractivity contribution is 9.09. The Morgan fingerprint density at radius 3 is 2.93 bits per heavy atom. The average molecular weight is 261 g/mol. The average Bonchev–Trinajstić information content (AvgIpc) is 2.19. The maximum Gasteiger partial charge on any atom is 0.269 e. The molecule has 1 N–H and O–H groups in total. The van der Waals surface area contributed by atoms with Crippen molar-refractivity contribution in [3.05, 3.63) is 29.8 Å². The topological polar surface area (TPSA) is 42.0 Å². The van der Waals surface area contributed by atoms with Crippen molar-refractivity contribution in [1.82, 2.24) is 10.3 Å². The number of alkyl halides is 1. The molecule has 0 unspecified atom stereocenters. The van der Waals surface area contributed by atoms with Crippen LogP contribution in [-0.4, -0.2) is 22.8 Å². The number of nitrogens with zero attached hydrogens (tertiary/aromatic N) is 1. The number of carbonyl (C=O) groups is 1. The molecule has 3 nitrogen and oxygen atoms in total. The van der Waals surface area contributed by atoms with Crippen molar-refractivity contribution in [2.24, 2.45) is 0 Å². The van der Waals surface area contributed by atoms with E-state index in [9.17, 15) is 9.18 Å². The van der Waals surface area contributed by atoms with E-state index in [0.29, 0.717) is 6.54 Å². The maximum absolute atomic E-state index is 12.5. The minimum absolute atomic E-state index is 0.237. The van der Waals surface area contributed by atoms with E-state index in [1.165, 1.54) is 12.1 Å². The molecule has 76 valence electrons. The Bertz CT molecular complexity index is 302. The van der Waals surface area contributed by atoms with Crippen LogP contribution in [0.2, 0.25) is 0 Å². The van der Waals surface area contributed by atoms with Crippen molar-refractivity contribution in [2.75, 3.05) is 11.9 Å². The number of amides is 1. The van der Waals surface area contributed by atoms with Crippen LogP contribution in [0.3, 0.4) is 0 Å². The number of hydrogen-bond donors (Lipinski definition) is 1. The molecule has 0 aliphatic carbocycles. The van der Waals surface area contributed by atoms with Gasteiger partial charge in [-0.1, -0.05) is 15.9 Å². The largest absolute Gasteiger partial charge is 0.351 e. The van der Waals surface area contributed by atoms with Crippen molar-refractivity contribution < 1.29 is 9.18 Å². The van der Waals surface area contributed by atoms with Crippen LogP contribution in [0.4, 0.5) is 4.39 Å². The Morgan fingerprint density at radius 1 is 1.57 bits per heavy atom. The van der Waals surface area contributed by atoms with Gasteiger partial charge in [-0.15, -0.1) is 0 Å². The van der Waals surface area contributed by atoms with Crippen molar-refractivity contribution >= 4 is 21.8 Å². The molecule has 0 fully saturated rings. The zero-order valence-corrected chi connectivity index (χ0v) is 9.05. The molecular formula is C9H10BrFN2O. The monoisotopic (exact) mass is 260 g/mol. The molecule has 14 heavy (non-hydrogen) atoms. The van der Waals surface area contributed by atoms with Crippen LogP contribution in [0, 0.1) is 5.82 Å². The summed E-state index contributed by atoms with van der Waals surface area (Å²) < 4.78 is 12.5. The molecule has 0 atom stereocenters. The van der Waals surface area contributed by atoms with Crippen LogP contribution < -0.4 is 5.32 Å². The van der Waals surface area contributed by atoms with Crippen LogP contribution in [0.1, 0.15) is 16.9 Å². The first-order chi connectivity index (χ1) is 6.74. The van der Waals surface area contributed by atoms with Gasteiger partial charge in [-0.3, -0.25) is 4.79 Å². The van der Waals surface area contributed by atoms with Gasteiger partial charge in [0.05, 0.1) is 6.20 Å². The highest BCUT2D eigenvalue weighted by Gasteiger charge is 2.05.